The van der Waals surface area contributed by atoms with Crippen LogP contribution in [0.25, 0.3) is 0 Å². The quantitative estimate of drug-likeness (QED) is 0.820. The van der Waals surface area contributed by atoms with Gasteiger partial charge in [-0.2, -0.15) is 0 Å². The Balaban J connectivity index is 2.45. The van der Waals surface area contributed by atoms with Crippen LogP contribution >= 0.6 is 15.9 Å². The summed E-state index contributed by atoms with van der Waals surface area (Å²) in [7, 11) is 0. The molecule has 0 atom stereocenters. The van der Waals surface area contributed by atoms with Crippen molar-refractivity contribution in [2.45, 2.75) is 13.8 Å². The number of ether oxygens (including phenoxy) is 1. The van der Waals surface area contributed by atoms with Gasteiger partial charge in [-0.25, -0.2) is 0 Å². The molecule has 78 valence electrons. The Morgan fingerprint density at radius 2 is 2.21 bits per heavy atom. The van der Waals surface area contributed by atoms with Gasteiger partial charge in [0.05, 0.1) is 0 Å². The molecule has 0 radical (unpaired) electrons. The summed E-state index contributed by atoms with van der Waals surface area (Å²) in [5, 5.41) is 3.22. The lowest BCUT2D eigenvalue weighted by molar-refractivity contribution is 0.313. The molecule has 1 aromatic rings. The summed E-state index contributed by atoms with van der Waals surface area (Å²) >= 11 is 3.42. The zero-order chi connectivity index (χ0) is 10.4. The molecule has 0 aliphatic carbocycles. The maximum Gasteiger partial charge on any atom is 0.123 e. The van der Waals surface area contributed by atoms with Crippen LogP contribution in [-0.4, -0.2) is 19.7 Å². The number of hydrogen-bond donors (Lipinski definition) is 1. The largest absolute Gasteiger partial charge is 0.492 e. The first-order valence-electron chi connectivity index (χ1n) is 4.83. The molecule has 0 bridgehead atoms. The second-order valence-electron chi connectivity index (χ2n) is 3.11. The molecule has 1 N–H and O–H groups in total. The van der Waals surface area contributed by atoms with Gasteiger partial charge < -0.3 is 10.1 Å². The monoisotopic (exact) mass is 257 g/mol. The summed E-state index contributed by atoms with van der Waals surface area (Å²) in [6, 6.07) is 6.07. The Bertz CT molecular complexity index is 289. The van der Waals surface area contributed by atoms with Crippen molar-refractivity contribution in [3.05, 3.63) is 28.2 Å². The fourth-order valence-electron chi connectivity index (χ4n) is 1.14. The third-order valence-corrected chi connectivity index (χ3v) is 2.43. The van der Waals surface area contributed by atoms with Gasteiger partial charge in [0.25, 0.3) is 0 Å². The second-order valence-corrected chi connectivity index (χ2v) is 4.03. The summed E-state index contributed by atoms with van der Waals surface area (Å²) < 4.78 is 6.68. The molecule has 0 fully saturated rings. The Hall–Kier alpha value is -0.540. The van der Waals surface area contributed by atoms with E-state index in [2.05, 4.69) is 35.1 Å². The van der Waals surface area contributed by atoms with Gasteiger partial charge in [0.2, 0.25) is 0 Å². The molecule has 0 spiro atoms. The van der Waals surface area contributed by atoms with Crippen LogP contribution in [0.4, 0.5) is 0 Å². The highest BCUT2D eigenvalue weighted by Crippen LogP contribution is 2.22. The Labute approximate surface area is 93.8 Å². The van der Waals surface area contributed by atoms with E-state index < -0.39 is 0 Å². The normalized spacial score (nSPS) is 10.2. The van der Waals surface area contributed by atoms with Crippen LogP contribution in [0.1, 0.15) is 12.5 Å². The summed E-state index contributed by atoms with van der Waals surface area (Å²) in [6.45, 7) is 6.73. The molecule has 0 aliphatic rings. The fourth-order valence-corrected chi connectivity index (χ4v) is 1.48. The Kier molecular flexibility index (Phi) is 4.98. The van der Waals surface area contributed by atoms with Crippen LogP contribution < -0.4 is 10.1 Å². The van der Waals surface area contributed by atoms with Gasteiger partial charge in [-0.15, -0.1) is 0 Å². The van der Waals surface area contributed by atoms with Crippen LogP contribution in [0.15, 0.2) is 22.7 Å². The number of rotatable bonds is 5. The summed E-state index contributed by atoms with van der Waals surface area (Å²) in [6.07, 6.45) is 0. The first kappa shape index (κ1) is 11.5. The average molecular weight is 258 g/mol. The van der Waals surface area contributed by atoms with Crippen LogP contribution in [-0.2, 0) is 0 Å². The molecule has 0 unspecified atom stereocenters. The average Bonchev–Trinajstić information content (AvgIpc) is 2.18. The summed E-state index contributed by atoms with van der Waals surface area (Å²) in [4.78, 5) is 0. The van der Waals surface area contributed by atoms with E-state index in [1.807, 2.05) is 18.2 Å². The molecule has 3 heteroatoms. The van der Waals surface area contributed by atoms with Gasteiger partial charge in [-0.1, -0.05) is 28.9 Å². The topological polar surface area (TPSA) is 21.3 Å². The van der Waals surface area contributed by atoms with Gasteiger partial charge in [-0.05, 0) is 31.2 Å². The SMILES string of the molecule is CCNCCOc1cc(Br)ccc1C. The molecular weight excluding hydrogens is 242 g/mol. The Morgan fingerprint density at radius 1 is 1.43 bits per heavy atom. The third-order valence-electron chi connectivity index (χ3n) is 1.94. The predicted molar refractivity (Wildman–Crippen MR) is 62.9 cm³/mol. The Morgan fingerprint density at radius 3 is 2.93 bits per heavy atom. The number of benzene rings is 1. The zero-order valence-electron chi connectivity index (χ0n) is 8.64. The van der Waals surface area contributed by atoms with Crippen LogP contribution in [0.5, 0.6) is 5.75 Å². The maximum atomic E-state index is 5.63. The van der Waals surface area contributed by atoms with Crippen LogP contribution in [0, 0.1) is 6.92 Å². The molecule has 0 aliphatic heterocycles. The summed E-state index contributed by atoms with van der Waals surface area (Å²) in [5.41, 5.74) is 1.17. The minimum Gasteiger partial charge on any atom is -0.492 e. The standard InChI is InChI=1S/C11H16BrNO/c1-3-13-6-7-14-11-8-10(12)5-4-9(11)2/h4-5,8,13H,3,6-7H2,1-2H3. The number of halogens is 1. The molecule has 1 rings (SSSR count). The van der Waals surface area contributed by atoms with Crippen molar-refractivity contribution in [3.63, 3.8) is 0 Å². The van der Waals surface area contributed by atoms with E-state index in [4.69, 9.17) is 4.74 Å². The van der Waals surface area contributed by atoms with E-state index in [1.165, 1.54) is 5.56 Å². The second kappa shape index (κ2) is 6.04. The lowest BCUT2D eigenvalue weighted by atomic mass is 10.2. The van der Waals surface area contributed by atoms with Crippen molar-refractivity contribution in [1.82, 2.24) is 5.32 Å². The highest BCUT2D eigenvalue weighted by molar-refractivity contribution is 9.10. The van der Waals surface area contributed by atoms with Gasteiger partial charge in [0.15, 0.2) is 0 Å². The first-order valence-corrected chi connectivity index (χ1v) is 5.63. The van der Waals surface area contributed by atoms with Crippen LogP contribution in [0.2, 0.25) is 0 Å². The molecule has 2 nitrogen and oxygen atoms in total. The molecule has 14 heavy (non-hydrogen) atoms. The van der Waals surface area contributed by atoms with Gasteiger partial charge >= 0.3 is 0 Å². The minimum atomic E-state index is 0.713. The molecule has 0 aromatic heterocycles. The van der Waals surface area contributed by atoms with Crippen LogP contribution in [0.3, 0.4) is 0 Å². The molecule has 0 saturated carbocycles. The van der Waals surface area contributed by atoms with Gasteiger partial charge in [0.1, 0.15) is 12.4 Å². The lowest BCUT2D eigenvalue weighted by Crippen LogP contribution is -2.20. The van der Waals surface area contributed by atoms with Crippen molar-refractivity contribution in [3.8, 4) is 5.75 Å². The van der Waals surface area contributed by atoms with E-state index in [1.54, 1.807) is 0 Å². The third kappa shape index (κ3) is 3.68. The maximum absolute atomic E-state index is 5.63. The van der Waals surface area contributed by atoms with Crippen molar-refractivity contribution in [2.75, 3.05) is 19.7 Å². The van der Waals surface area contributed by atoms with E-state index in [9.17, 15) is 0 Å². The number of hydrogen-bond acceptors (Lipinski definition) is 2. The van der Waals surface area contributed by atoms with Gasteiger partial charge in [0, 0.05) is 11.0 Å². The highest BCUT2D eigenvalue weighted by Gasteiger charge is 1.99. The molecular formula is C11H16BrNO. The first-order chi connectivity index (χ1) is 6.74. The van der Waals surface area contributed by atoms with Crippen molar-refractivity contribution >= 4 is 15.9 Å². The summed E-state index contributed by atoms with van der Waals surface area (Å²) in [5.74, 6) is 0.956. The zero-order valence-corrected chi connectivity index (χ0v) is 10.2. The smallest absolute Gasteiger partial charge is 0.123 e. The van der Waals surface area contributed by atoms with E-state index in [0.29, 0.717) is 6.61 Å². The van der Waals surface area contributed by atoms with E-state index in [-0.39, 0.29) is 0 Å². The number of likely N-dealkylation sites (N-methyl/N-ethyl adjacent to an activating group) is 1. The predicted octanol–water partition coefficient (Wildman–Crippen LogP) is 2.75. The molecule has 0 saturated heterocycles. The van der Waals surface area contributed by atoms with E-state index in [0.717, 1.165) is 23.3 Å². The molecule has 1 aromatic carbocycles. The molecule has 0 amide bonds. The molecule has 0 heterocycles. The highest BCUT2D eigenvalue weighted by atomic mass is 79.9. The fraction of sp³-hybridized carbons (Fsp3) is 0.455. The van der Waals surface area contributed by atoms with E-state index >= 15 is 0 Å². The number of nitrogens with one attached hydrogen (secondary N) is 1. The minimum absolute atomic E-state index is 0.713. The van der Waals surface area contributed by atoms with Crippen molar-refractivity contribution < 1.29 is 4.74 Å². The lowest BCUT2D eigenvalue weighted by Gasteiger charge is -2.09. The van der Waals surface area contributed by atoms with Gasteiger partial charge in [-0.3, -0.25) is 0 Å². The number of aryl methyl sites for hydroxylation is 1. The van der Waals surface area contributed by atoms with Crippen molar-refractivity contribution in [2.24, 2.45) is 0 Å². The van der Waals surface area contributed by atoms with Crippen molar-refractivity contribution in [1.29, 1.82) is 0 Å².